The summed E-state index contributed by atoms with van der Waals surface area (Å²) in [5.41, 5.74) is 2.53. The minimum Gasteiger partial charge on any atom is -0.376 e. The zero-order chi connectivity index (χ0) is 20.7. The maximum atomic E-state index is 5.94. The minimum atomic E-state index is 0. The lowest BCUT2D eigenvalue weighted by Gasteiger charge is -2.21. The molecule has 7 heteroatoms. The lowest BCUT2D eigenvalue weighted by atomic mass is 9.93. The van der Waals surface area contributed by atoms with Crippen molar-refractivity contribution in [2.75, 3.05) is 33.3 Å². The second-order valence-corrected chi connectivity index (χ2v) is 9.64. The number of rotatable bonds is 7. The number of nitrogens with one attached hydrogen (secondary N) is 1. The predicted molar refractivity (Wildman–Crippen MR) is 137 cm³/mol. The number of likely N-dealkylation sites (tertiary alicyclic amines) is 1. The van der Waals surface area contributed by atoms with Crippen molar-refractivity contribution in [3.63, 3.8) is 0 Å². The van der Waals surface area contributed by atoms with E-state index < -0.39 is 0 Å². The molecule has 0 amide bonds. The maximum Gasteiger partial charge on any atom is 0.193 e. The summed E-state index contributed by atoms with van der Waals surface area (Å²) in [5, 5.41) is 6.88. The molecule has 30 heavy (non-hydrogen) atoms. The molecule has 0 radical (unpaired) electrons. The predicted octanol–water partition coefficient (Wildman–Crippen LogP) is 4.72. The molecule has 1 aliphatic rings. The van der Waals surface area contributed by atoms with Gasteiger partial charge >= 0.3 is 0 Å². The monoisotopic (exact) mass is 542 g/mol. The number of benzene rings is 1. The van der Waals surface area contributed by atoms with E-state index in [-0.39, 0.29) is 29.4 Å². The highest BCUT2D eigenvalue weighted by atomic mass is 127. The standard InChI is InChI=1S/C23H34N4OS.HI/c1-23(2,3)20-17-29-21(26-20)10-12-25-22(24-4)27-13-11-19(14-27)16-28-15-18-8-6-5-7-9-18;/h5-9,17,19H,10-16H2,1-4H3,(H,24,25);1H. The van der Waals surface area contributed by atoms with Gasteiger partial charge in [0.15, 0.2) is 5.96 Å². The third-order valence-corrected chi connectivity index (χ3v) is 6.11. The Morgan fingerprint density at radius 2 is 2.07 bits per heavy atom. The van der Waals surface area contributed by atoms with Gasteiger partial charge in [-0.3, -0.25) is 4.99 Å². The van der Waals surface area contributed by atoms with Crippen molar-refractivity contribution < 1.29 is 4.74 Å². The van der Waals surface area contributed by atoms with Gasteiger partial charge in [0.1, 0.15) is 0 Å². The number of guanidine groups is 1. The molecule has 2 aromatic rings. The average Bonchev–Trinajstić information content (AvgIpc) is 3.36. The summed E-state index contributed by atoms with van der Waals surface area (Å²) in [4.78, 5) is 11.6. The highest BCUT2D eigenvalue weighted by molar-refractivity contribution is 14.0. The molecule has 1 N–H and O–H groups in total. The molecule has 0 aliphatic carbocycles. The van der Waals surface area contributed by atoms with Crippen molar-refractivity contribution in [3.8, 4) is 0 Å². The highest BCUT2D eigenvalue weighted by Gasteiger charge is 2.25. The third kappa shape index (κ3) is 7.50. The van der Waals surface area contributed by atoms with Gasteiger partial charge in [-0.2, -0.15) is 0 Å². The topological polar surface area (TPSA) is 49.8 Å². The fraction of sp³-hybridized carbons (Fsp3) is 0.565. The Kier molecular flexibility index (Phi) is 10.0. The Bertz CT molecular complexity index is 788. The van der Waals surface area contributed by atoms with Gasteiger partial charge in [0.2, 0.25) is 0 Å². The van der Waals surface area contributed by atoms with Crippen molar-refractivity contribution >= 4 is 41.3 Å². The second kappa shape index (κ2) is 12.0. The number of thiazole rings is 1. The summed E-state index contributed by atoms with van der Waals surface area (Å²) in [6.07, 6.45) is 2.08. The highest BCUT2D eigenvalue weighted by Crippen LogP contribution is 2.24. The van der Waals surface area contributed by atoms with E-state index in [0.29, 0.717) is 12.5 Å². The molecule has 1 saturated heterocycles. The van der Waals surface area contributed by atoms with Crippen LogP contribution in [0.1, 0.15) is 43.5 Å². The zero-order valence-electron chi connectivity index (χ0n) is 18.6. The van der Waals surface area contributed by atoms with Crippen LogP contribution in [-0.4, -0.2) is 49.1 Å². The lowest BCUT2D eigenvalue weighted by Crippen LogP contribution is -2.41. The Balaban J connectivity index is 0.00000320. The first-order valence-corrected chi connectivity index (χ1v) is 11.4. The van der Waals surface area contributed by atoms with Crippen molar-refractivity contribution in [3.05, 3.63) is 52.0 Å². The molecule has 166 valence electrons. The van der Waals surface area contributed by atoms with Crippen LogP contribution in [0.3, 0.4) is 0 Å². The van der Waals surface area contributed by atoms with Gasteiger partial charge in [0, 0.05) is 49.8 Å². The van der Waals surface area contributed by atoms with Crippen LogP contribution in [0.25, 0.3) is 0 Å². The summed E-state index contributed by atoms with van der Waals surface area (Å²) < 4.78 is 5.94. The number of halogens is 1. The van der Waals surface area contributed by atoms with Gasteiger partial charge in [-0.25, -0.2) is 4.98 Å². The molecule has 1 aromatic heterocycles. The normalized spacial score (nSPS) is 17.1. The Morgan fingerprint density at radius 3 is 2.73 bits per heavy atom. The molecule has 0 spiro atoms. The Labute approximate surface area is 202 Å². The van der Waals surface area contributed by atoms with Crippen LogP contribution in [0, 0.1) is 5.92 Å². The number of ether oxygens (including phenoxy) is 1. The van der Waals surface area contributed by atoms with E-state index in [2.05, 4.69) is 65.6 Å². The molecular weight excluding hydrogens is 507 g/mol. The largest absolute Gasteiger partial charge is 0.376 e. The molecule has 1 fully saturated rings. The molecule has 3 rings (SSSR count). The quantitative estimate of drug-likeness (QED) is 0.313. The van der Waals surface area contributed by atoms with Crippen LogP contribution in [0.4, 0.5) is 0 Å². The van der Waals surface area contributed by atoms with E-state index in [1.54, 1.807) is 11.3 Å². The number of hydrogen-bond donors (Lipinski definition) is 1. The SMILES string of the molecule is CN=C(NCCc1nc(C(C)(C)C)cs1)N1CCC(COCc2ccccc2)C1.I. The van der Waals surface area contributed by atoms with Crippen molar-refractivity contribution in [2.24, 2.45) is 10.9 Å². The van der Waals surface area contributed by atoms with E-state index >= 15 is 0 Å². The Morgan fingerprint density at radius 1 is 1.30 bits per heavy atom. The molecular formula is C23H35IN4OS. The van der Waals surface area contributed by atoms with E-state index in [4.69, 9.17) is 9.72 Å². The number of hydrogen-bond acceptors (Lipinski definition) is 4. The number of aromatic nitrogens is 1. The fourth-order valence-electron chi connectivity index (χ4n) is 3.46. The summed E-state index contributed by atoms with van der Waals surface area (Å²) >= 11 is 1.75. The summed E-state index contributed by atoms with van der Waals surface area (Å²) in [6.45, 7) is 11.0. The minimum absolute atomic E-state index is 0. The lowest BCUT2D eigenvalue weighted by molar-refractivity contribution is 0.0907. The van der Waals surface area contributed by atoms with E-state index in [1.807, 2.05) is 13.1 Å². The third-order valence-electron chi connectivity index (χ3n) is 5.20. The second-order valence-electron chi connectivity index (χ2n) is 8.70. The molecule has 0 saturated carbocycles. The zero-order valence-corrected chi connectivity index (χ0v) is 21.7. The van der Waals surface area contributed by atoms with E-state index in [9.17, 15) is 0 Å². The fourth-order valence-corrected chi connectivity index (χ4v) is 4.49. The Hall–Kier alpha value is -1.19. The van der Waals surface area contributed by atoms with Gasteiger partial charge in [0.05, 0.1) is 23.9 Å². The molecule has 0 bridgehead atoms. The number of nitrogens with zero attached hydrogens (tertiary/aromatic N) is 3. The van der Waals surface area contributed by atoms with Gasteiger partial charge in [-0.15, -0.1) is 35.3 Å². The molecule has 1 atom stereocenters. The first-order valence-electron chi connectivity index (χ1n) is 10.5. The van der Waals surface area contributed by atoms with E-state index in [1.165, 1.54) is 16.3 Å². The molecule has 5 nitrogen and oxygen atoms in total. The van der Waals surface area contributed by atoms with Crippen molar-refractivity contribution in [1.82, 2.24) is 15.2 Å². The van der Waals surface area contributed by atoms with Gasteiger partial charge in [-0.05, 0) is 12.0 Å². The average molecular weight is 543 g/mol. The van der Waals surface area contributed by atoms with Crippen LogP contribution in [0.2, 0.25) is 0 Å². The first-order chi connectivity index (χ1) is 14.0. The van der Waals surface area contributed by atoms with Gasteiger partial charge in [0.25, 0.3) is 0 Å². The van der Waals surface area contributed by atoms with Crippen molar-refractivity contribution in [1.29, 1.82) is 0 Å². The number of aliphatic imine (C=N–C) groups is 1. The molecule has 2 heterocycles. The van der Waals surface area contributed by atoms with Crippen molar-refractivity contribution in [2.45, 2.75) is 45.6 Å². The van der Waals surface area contributed by atoms with Crippen LogP contribution in [0.5, 0.6) is 0 Å². The molecule has 1 aromatic carbocycles. The van der Waals surface area contributed by atoms with Crippen LogP contribution in [0.15, 0.2) is 40.7 Å². The molecule has 1 unspecified atom stereocenters. The summed E-state index contributed by atoms with van der Waals surface area (Å²) in [6, 6.07) is 10.4. The smallest absolute Gasteiger partial charge is 0.193 e. The van der Waals surface area contributed by atoms with Gasteiger partial charge in [-0.1, -0.05) is 51.1 Å². The van der Waals surface area contributed by atoms with Gasteiger partial charge < -0.3 is 15.0 Å². The van der Waals surface area contributed by atoms with Crippen LogP contribution in [-0.2, 0) is 23.2 Å². The summed E-state index contributed by atoms with van der Waals surface area (Å²) in [7, 11) is 1.86. The summed E-state index contributed by atoms with van der Waals surface area (Å²) in [5.74, 6) is 1.55. The van der Waals surface area contributed by atoms with Crippen LogP contribution < -0.4 is 5.32 Å². The first kappa shape index (κ1) is 25.1. The van der Waals surface area contributed by atoms with Crippen LogP contribution >= 0.6 is 35.3 Å². The van der Waals surface area contributed by atoms with E-state index in [0.717, 1.165) is 45.0 Å². The molecule has 1 aliphatic heterocycles. The maximum absolute atomic E-state index is 5.94.